The zero-order valence-corrected chi connectivity index (χ0v) is 15.5. The largest absolute Gasteiger partial charge is 0.507 e. The van der Waals surface area contributed by atoms with Gasteiger partial charge < -0.3 is 20.2 Å². The highest BCUT2D eigenvalue weighted by molar-refractivity contribution is 5.99. The summed E-state index contributed by atoms with van der Waals surface area (Å²) in [7, 11) is 0. The van der Waals surface area contributed by atoms with Crippen LogP contribution in [0.25, 0.3) is 11.0 Å². The van der Waals surface area contributed by atoms with E-state index in [9.17, 15) is 14.7 Å². The summed E-state index contributed by atoms with van der Waals surface area (Å²) in [4.78, 5) is 24.2. The van der Waals surface area contributed by atoms with Crippen molar-refractivity contribution in [1.82, 2.24) is 5.32 Å². The van der Waals surface area contributed by atoms with E-state index in [4.69, 9.17) is 4.42 Å². The Kier molecular flexibility index (Phi) is 5.16. The number of hydrogen-bond acceptors (Lipinski definition) is 4. The summed E-state index contributed by atoms with van der Waals surface area (Å²) in [6, 6.07) is 11.7. The molecule has 27 heavy (non-hydrogen) atoms. The van der Waals surface area contributed by atoms with Crippen LogP contribution in [0.3, 0.4) is 0 Å². The molecule has 3 rings (SSSR count). The van der Waals surface area contributed by atoms with Gasteiger partial charge in [-0.3, -0.25) is 9.59 Å². The van der Waals surface area contributed by atoms with Crippen LogP contribution < -0.4 is 10.6 Å². The number of rotatable bonds is 5. The average Bonchev–Trinajstić information content (AvgIpc) is 3.00. The van der Waals surface area contributed by atoms with Gasteiger partial charge in [-0.05, 0) is 38.1 Å². The lowest BCUT2D eigenvalue weighted by atomic mass is 10.1. The number of amides is 2. The molecule has 0 fully saturated rings. The number of furan rings is 1. The quantitative estimate of drug-likeness (QED) is 0.588. The number of fused-ring (bicyclic) bond motifs is 1. The van der Waals surface area contributed by atoms with Gasteiger partial charge in [0.1, 0.15) is 17.1 Å². The first kappa shape index (κ1) is 18.5. The maximum atomic E-state index is 12.7. The third-order valence-electron chi connectivity index (χ3n) is 4.47. The van der Waals surface area contributed by atoms with E-state index < -0.39 is 11.9 Å². The van der Waals surface area contributed by atoms with E-state index >= 15 is 0 Å². The van der Waals surface area contributed by atoms with E-state index in [2.05, 4.69) is 10.6 Å². The number of aryl methyl sites for hydroxylation is 1. The molecule has 3 aromatic rings. The Morgan fingerprint density at radius 1 is 1.19 bits per heavy atom. The van der Waals surface area contributed by atoms with Gasteiger partial charge in [0.05, 0.1) is 11.6 Å². The topological polar surface area (TPSA) is 91.6 Å². The van der Waals surface area contributed by atoms with Crippen molar-refractivity contribution in [2.45, 2.75) is 33.2 Å². The van der Waals surface area contributed by atoms with Gasteiger partial charge in [-0.1, -0.05) is 25.1 Å². The van der Waals surface area contributed by atoms with Crippen molar-refractivity contribution in [3.63, 3.8) is 0 Å². The maximum Gasteiger partial charge on any atom is 0.255 e. The highest BCUT2D eigenvalue weighted by Gasteiger charge is 2.20. The number of carbonyl (C=O) groups excluding carboxylic acids is 2. The Bertz CT molecular complexity index is 1010. The third kappa shape index (κ3) is 3.79. The van der Waals surface area contributed by atoms with Gasteiger partial charge >= 0.3 is 0 Å². The standard InChI is InChI=1S/C21H22N2O4/c1-4-19(25)23-14-9-10-17(24)16(11-14)21(26)22-13(3)20-12(2)15-7-5-6-8-18(15)27-20/h5-11,13,24H,4H2,1-3H3,(H,22,26)(H,23,25). The molecule has 0 spiro atoms. The second-order valence-electron chi connectivity index (χ2n) is 6.42. The molecule has 140 valence electrons. The van der Waals surface area contributed by atoms with Crippen molar-refractivity contribution < 1.29 is 19.1 Å². The number of para-hydroxylation sites is 1. The van der Waals surface area contributed by atoms with Crippen LogP contribution in [0.1, 0.15) is 48.0 Å². The molecule has 6 nitrogen and oxygen atoms in total. The van der Waals surface area contributed by atoms with Crippen LogP contribution in [0.4, 0.5) is 5.69 Å². The summed E-state index contributed by atoms with van der Waals surface area (Å²) in [5, 5.41) is 16.6. The van der Waals surface area contributed by atoms with Gasteiger partial charge in [0.15, 0.2) is 0 Å². The molecule has 2 aromatic carbocycles. The van der Waals surface area contributed by atoms with Gasteiger partial charge in [0, 0.05) is 23.1 Å². The Labute approximate surface area is 157 Å². The minimum Gasteiger partial charge on any atom is -0.507 e. The molecule has 0 saturated heterocycles. The van der Waals surface area contributed by atoms with Crippen molar-refractivity contribution in [3.05, 3.63) is 59.4 Å². The first-order valence-corrected chi connectivity index (χ1v) is 8.82. The van der Waals surface area contributed by atoms with Crippen molar-refractivity contribution in [2.24, 2.45) is 0 Å². The minimum atomic E-state index is -0.451. The summed E-state index contributed by atoms with van der Waals surface area (Å²) in [6.45, 7) is 5.51. The number of phenolic OH excluding ortho intramolecular Hbond substituents is 1. The molecule has 6 heteroatoms. The Morgan fingerprint density at radius 2 is 1.93 bits per heavy atom. The fourth-order valence-electron chi connectivity index (χ4n) is 2.99. The van der Waals surface area contributed by atoms with Crippen LogP contribution in [-0.4, -0.2) is 16.9 Å². The van der Waals surface area contributed by atoms with Crippen LogP contribution in [0, 0.1) is 6.92 Å². The highest BCUT2D eigenvalue weighted by Crippen LogP contribution is 2.30. The molecule has 1 atom stereocenters. The molecule has 0 aliphatic carbocycles. The molecule has 0 saturated carbocycles. The van der Waals surface area contributed by atoms with E-state index in [1.54, 1.807) is 13.0 Å². The van der Waals surface area contributed by atoms with Gasteiger partial charge in [0.2, 0.25) is 5.91 Å². The lowest BCUT2D eigenvalue weighted by Gasteiger charge is -2.14. The van der Waals surface area contributed by atoms with Crippen LogP contribution in [-0.2, 0) is 4.79 Å². The summed E-state index contributed by atoms with van der Waals surface area (Å²) in [6.07, 6.45) is 0.324. The number of carbonyl (C=O) groups is 2. The molecule has 2 amide bonds. The normalized spacial score (nSPS) is 12.0. The summed E-state index contributed by atoms with van der Waals surface area (Å²) in [5.41, 5.74) is 2.27. The molecule has 1 heterocycles. The predicted molar refractivity (Wildman–Crippen MR) is 104 cm³/mol. The lowest BCUT2D eigenvalue weighted by Crippen LogP contribution is -2.27. The molecule has 3 N–H and O–H groups in total. The molecule has 0 aliphatic rings. The van der Waals surface area contributed by atoms with Crippen molar-refractivity contribution in [2.75, 3.05) is 5.32 Å². The Morgan fingerprint density at radius 3 is 2.63 bits per heavy atom. The first-order valence-electron chi connectivity index (χ1n) is 8.82. The van der Waals surface area contributed by atoms with Crippen LogP contribution in [0.2, 0.25) is 0 Å². The number of hydrogen-bond donors (Lipinski definition) is 3. The lowest BCUT2D eigenvalue weighted by molar-refractivity contribution is -0.115. The van der Waals surface area contributed by atoms with Crippen LogP contribution >= 0.6 is 0 Å². The van der Waals surface area contributed by atoms with E-state index in [1.165, 1.54) is 12.1 Å². The van der Waals surface area contributed by atoms with Crippen molar-refractivity contribution in [1.29, 1.82) is 0 Å². The van der Waals surface area contributed by atoms with Crippen molar-refractivity contribution in [3.8, 4) is 5.75 Å². The smallest absolute Gasteiger partial charge is 0.255 e. The van der Waals surface area contributed by atoms with Gasteiger partial charge in [-0.25, -0.2) is 0 Å². The molecule has 1 unspecified atom stereocenters. The zero-order valence-electron chi connectivity index (χ0n) is 15.5. The highest BCUT2D eigenvalue weighted by atomic mass is 16.3. The van der Waals surface area contributed by atoms with E-state index in [0.717, 1.165) is 16.5 Å². The van der Waals surface area contributed by atoms with Crippen molar-refractivity contribution >= 4 is 28.5 Å². The fraction of sp³-hybridized carbons (Fsp3) is 0.238. The molecular weight excluding hydrogens is 344 g/mol. The first-order chi connectivity index (χ1) is 12.9. The van der Waals surface area contributed by atoms with E-state index in [0.29, 0.717) is 17.9 Å². The minimum absolute atomic E-state index is 0.0875. The van der Waals surface area contributed by atoms with E-state index in [-0.39, 0.29) is 17.2 Å². The number of anilines is 1. The van der Waals surface area contributed by atoms with Crippen LogP contribution in [0.5, 0.6) is 5.75 Å². The molecule has 1 aromatic heterocycles. The summed E-state index contributed by atoms with van der Waals surface area (Å²) >= 11 is 0. The number of nitrogens with one attached hydrogen (secondary N) is 2. The number of benzene rings is 2. The zero-order chi connectivity index (χ0) is 19.6. The Hall–Kier alpha value is -3.28. The molecule has 0 radical (unpaired) electrons. The maximum absolute atomic E-state index is 12.7. The molecular formula is C21H22N2O4. The summed E-state index contributed by atoms with van der Waals surface area (Å²) < 4.78 is 5.88. The molecule has 0 bridgehead atoms. The monoisotopic (exact) mass is 366 g/mol. The fourth-order valence-corrected chi connectivity index (χ4v) is 2.99. The Balaban J connectivity index is 1.82. The van der Waals surface area contributed by atoms with E-state index in [1.807, 2.05) is 38.1 Å². The summed E-state index contributed by atoms with van der Waals surface area (Å²) in [5.74, 6) is -0.110. The second kappa shape index (κ2) is 7.53. The number of phenols is 1. The van der Waals surface area contributed by atoms with Gasteiger partial charge in [-0.2, -0.15) is 0 Å². The average molecular weight is 366 g/mol. The predicted octanol–water partition coefficient (Wildman–Crippen LogP) is 4.29. The third-order valence-corrected chi connectivity index (χ3v) is 4.47. The van der Waals surface area contributed by atoms with Crippen LogP contribution in [0.15, 0.2) is 46.9 Å². The van der Waals surface area contributed by atoms with Gasteiger partial charge in [0.25, 0.3) is 5.91 Å². The van der Waals surface area contributed by atoms with Gasteiger partial charge in [-0.15, -0.1) is 0 Å². The molecule has 0 aliphatic heterocycles. The SMILES string of the molecule is CCC(=O)Nc1ccc(O)c(C(=O)NC(C)c2oc3ccccc3c2C)c1. The second-order valence-corrected chi connectivity index (χ2v) is 6.42. The number of aromatic hydroxyl groups is 1.